The second-order valence-electron chi connectivity index (χ2n) is 3.13. The summed E-state index contributed by atoms with van der Waals surface area (Å²) in [5.74, 6) is -0.974. The molecule has 3 N–H and O–H groups in total. The number of nitrogens with one attached hydrogen (secondary N) is 1. The summed E-state index contributed by atoms with van der Waals surface area (Å²) in [6, 6.07) is 3.41. The molecule has 1 unspecified atom stereocenters. The van der Waals surface area contributed by atoms with Crippen LogP contribution in [0.2, 0.25) is 5.02 Å². The molecule has 0 fully saturated rings. The van der Waals surface area contributed by atoms with Crippen LogP contribution in [0.4, 0.5) is 10.1 Å². The van der Waals surface area contributed by atoms with Gasteiger partial charge in [0.15, 0.2) is 0 Å². The molecule has 0 saturated carbocycles. The number of carbonyl (C=O) groups excluding carboxylic acids is 1. The van der Waals surface area contributed by atoms with Crippen LogP contribution in [0.5, 0.6) is 0 Å². The molecule has 15 heavy (non-hydrogen) atoms. The Morgan fingerprint density at radius 2 is 2.33 bits per heavy atom. The minimum atomic E-state index is -0.625. The number of hydrogen-bond acceptors (Lipinski definition) is 2. The van der Waals surface area contributed by atoms with Crippen molar-refractivity contribution in [1.29, 1.82) is 0 Å². The molecule has 1 aromatic carbocycles. The molecule has 1 amide bonds. The lowest BCUT2D eigenvalue weighted by Crippen LogP contribution is -2.35. The highest BCUT2D eigenvalue weighted by Crippen LogP contribution is 2.18. The first kappa shape index (κ1) is 11.9. The van der Waals surface area contributed by atoms with Crippen molar-refractivity contribution in [3.8, 4) is 0 Å². The lowest BCUT2D eigenvalue weighted by molar-refractivity contribution is -0.117. The number of halogens is 2. The Balaban J connectivity index is 2.77. The molecule has 1 aromatic rings. The maximum atomic E-state index is 13.2. The molecular weight excluding hydrogens is 219 g/mol. The molecule has 3 nitrogen and oxygen atoms in total. The zero-order valence-corrected chi connectivity index (χ0v) is 9.01. The lowest BCUT2D eigenvalue weighted by Gasteiger charge is -2.10. The van der Waals surface area contributed by atoms with Crippen molar-refractivity contribution in [2.45, 2.75) is 19.4 Å². The van der Waals surface area contributed by atoms with E-state index >= 15 is 0 Å². The largest absolute Gasteiger partial charge is 0.322 e. The van der Waals surface area contributed by atoms with Gasteiger partial charge in [-0.1, -0.05) is 18.5 Å². The van der Waals surface area contributed by atoms with E-state index in [1.165, 1.54) is 12.1 Å². The van der Waals surface area contributed by atoms with E-state index in [0.717, 1.165) is 6.07 Å². The predicted molar refractivity (Wildman–Crippen MR) is 58.3 cm³/mol. The molecule has 1 atom stereocenters. The van der Waals surface area contributed by atoms with Gasteiger partial charge < -0.3 is 11.1 Å². The number of carbonyl (C=O) groups is 1. The fourth-order valence-electron chi connectivity index (χ4n) is 1.00. The summed E-state index contributed by atoms with van der Waals surface area (Å²) in [5, 5.41) is 2.67. The molecule has 5 heteroatoms. The van der Waals surface area contributed by atoms with Crippen molar-refractivity contribution in [2.75, 3.05) is 5.32 Å². The van der Waals surface area contributed by atoms with Crippen LogP contribution in [0.25, 0.3) is 0 Å². The van der Waals surface area contributed by atoms with Crippen LogP contribution in [-0.4, -0.2) is 11.9 Å². The minimum Gasteiger partial charge on any atom is -0.322 e. The van der Waals surface area contributed by atoms with Gasteiger partial charge in [-0.25, -0.2) is 4.39 Å². The second kappa shape index (κ2) is 5.09. The number of benzene rings is 1. The molecule has 0 bridgehead atoms. The smallest absolute Gasteiger partial charge is 0.241 e. The van der Waals surface area contributed by atoms with Gasteiger partial charge >= 0.3 is 0 Å². The summed E-state index contributed by atoms with van der Waals surface area (Å²) in [6.07, 6.45) is 0.501. The van der Waals surface area contributed by atoms with Crippen LogP contribution in [0.3, 0.4) is 0 Å². The van der Waals surface area contributed by atoms with Gasteiger partial charge in [-0.05, 0) is 24.6 Å². The van der Waals surface area contributed by atoms with Crippen LogP contribution in [0.15, 0.2) is 18.2 Å². The first-order valence-corrected chi connectivity index (χ1v) is 4.94. The Hall–Kier alpha value is -1.13. The summed E-state index contributed by atoms with van der Waals surface area (Å²) in [7, 11) is 0. The van der Waals surface area contributed by atoms with Crippen LogP contribution in [-0.2, 0) is 4.79 Å². The Morgan fingerprint density at radius 1 is 1.67 bits per heavy atom. The zero-order chi connectivity index (χ0) is 11.4. The van der Waals surface area contributed by atoms with Crippen LogP contribution >= 0.6 is 11.6 Å². The van der Waals surface area contributed by atoms with E-state index in [1.54, 1.807) is 6.92 Å². The number of hydrogen-bond donors (Lipinski definition) is 2. The summed E-state index contributed by atoms with van der Waals surface area (Å²) >= 11 is 5.57. The highest BCUT2D eigenvalue weighted by Gasteiger charge is 2.13. The molecule has 0 aliphatic carbocycles. The quantitative estimate of drug-likeness (QED) is 0.836. The zero-order valence-electron chi connectivity index (χ0n) is 8.26. The Kier molecular flexibility index (Phi) is 4.05. The lowest BCUT2D eigenvalue weighted by atomic mass is 10.2. The normalized spacial score (nSPS) is 12.3. The van der Waals surface area contributed by atoms with Crippen molar-refractivity contribution in [2.24, 2.45) is 5.73 Å². The third-order valence-electron chi connectivity index (χ3n) is 1.97. The van der Waals surface area contributed by atoms with Crippen molar-refractivity contribution < 1.29 is 9.18 Å². The highest BCUT2D eigenvalue weighted by atomic mass is 35.5. The second-order valence-corrected chi connectivity index (χ2v) is 3.56. The Morgan fingerprint density at radius 3 is 2.87 bits per heavy atom. The molecule has 82 valence electrons. The molecule has 0 aliphatic heterocycles. The van der Waals surface area contributed by atoms with Gasteiger partial charge in [0.2, 0.25) is 5.91 Å². The molecule has 0 heterocycles. The standard InChI is InChI=1S/C10H12ClFN2O/c1-2-8(13)10(15)14-9-4-3-6(11)5-7(9)12/h3-5,8H,2,13H2,1H3,(H,14,15). The highest BCUT2D eigenvalue weighted by molar-refractivity contribution is 6.30. The predicted octanol–water partition coefficient (Wildman–Crippen LogP) is 2.15. The van der Waals surface area contributed by atoms with Gasteiger partial charge in [0.05, 0.1) is 11.7 Å². The first-order valence-electron chi connectivity index (χ1n) is 4.56. The average Bonchev–Trinajstić information content (AvgIpc) is 2.20. The third-order valence-corrected chi connectivity index (χ3v) is 2.20. The number of rotatable bonds is 3. The summed E-state index contributed by atoms with van der Waals surface area (Å²) in [6.45, 7) is 1.78. The van der Waals surface area contributed by atoms with Crippen LogP contribution < -0.4 is 11.1 Å². The van der Waals surface area contributed by atoms with E-state index in [9.17, 15) is 9.18 Å². The van der Waals surface area contributed by atoms with Gasteiger partial charge in [0.1, 0.15) is 5.82 Å². The topological polar surface area (TPSA) is 55.1 Å². The van der Waals surface area contributed by atoms with E-state index in [-0.39, 0.29) is 10.7 Å². The van der Waals surface area contributed by atoms with Gasteiger partial charge in [0, 0.05) is 5.02 Å². The Labute approximate surface area is 92.4 Å². The minimum absolute atomic E-state index is 0.0910. The summed E-state index contributed by atoms with van der Waals surface area (Å²) < 4.78 is 13.2. The van der Waals surface area contributed by atoms with Gasteiger partial charge in [-0.15, -0.1) is 0 Å². The molecule has 0 spiro atoms. The van der Waals surface area contributed by atoms with Crippen molar-refractivity contribution >= 4 is 23.2 Å². The average molecular weight is 231 g/mol. The van der Waals surface area contributed by atoms with E-state index in [1.807, 2.05) is 0 Å². The number of anilines is 1. The molecular formula is C10H12ClFN2O. The summed E-state index contributed by atoms with van der Waals surface area (Å²) in [5.41, 5.74) is 5.57. The van der Waals surface area contributed by atoms with Gasteiger partial charge in [-0.3, -0.25) is 4.79 Å². The first-order chi connectivity index (χ1) is 7.04. The molecule has 0 radical (unpaired) electrons. The SMILES string of the molecule is CCC(N)C(=O)Nc1ccc(Cl)cc1F. The molecule has 1 rings (SSSR count). The van der Waals surface area contributed by atoms with Crippen molar-refractivity contribution in [3.63, 3.8) is 0 Å². The fraction of sp³-hybridized carbons (Fsp3) is 0.300. The van der Waals surface area contributed by atoms with Gasteiger partial charge in [-0.2, -0.15) is 0 Å². The molecule has 0 aliphatic rings. The van der Waals surface area contributed by atoms with E-state index in [0.29, 0.717) is 6.42 Å². The van der Waals surface area contributed by atoms with Crippen molar-refractivity contribution in [1.82, 2.24) is 0 Å². The number of nitrogens with two attached hydrogens (primary N) is 1. The maximum Gasteiger partial charge on any atom is 0.241 e. The fourth-order valence-corrected chi connectivity index (χ4v) is 1.16. The number of amides is 1. The van der Waals surface area contributed by atoms with E-state index < -0.39 is 17.8 Å². The molecule has 0 saturated heterocycles. The van der Waals surface area contributed by atoms with Crippen LogP contribution in [0, 0.1) is 5.82 Å². The molecule has 0 aromatic heterocycles. The monoisotopic (exact) mass is 230 g/mol. The maximum absolute atomic E-state index is 13.2. The van der Waals surface area contributed by atoms with E-state index in [2.05, 4.69) is 5.32 Å². The van der Waals surface area contributed by atoms with E-state index in [4.69, 9.17) is 17.3 Å². The van der Waals surface area contributed by atoms with Crippen molar-refractivity contribution in [3.05, 3.63) is 29.0 Å². The Bertz CT molecular complexity index is 370. The van der Waals surface area contributed by atoms with Crippen LogP contribution in [0.1, 0.15) is 13.3 Å². The van der Waals surface area contributed by atoms with Gasteiger partial charge in [0.25, 0.3) is 0 Å². The summed E-state index contributed by atoms with van der Waals surface area (Å²) in [4.78, 5) is 11.3. The third kappa shape index (κ3) is 3.18.